The number of anilines is 1. The van der Waals surface area contributed by atoms with Gasteiger partial charge in [-0.2, -0.15) is 8.78 Å². The van der Waals surface area contributed by atoms with Crippen molar-refractivity contribution in [2.45, 2.75) is 42.8 Å². The Morgan fingerprint density at radius 1 is 1.07 bits per heavy atom. The quantitative estimate of drug-likeness (QED) is 0.356. The second kappa shape index (κ2) is 10.3. The maximum atomic E-state index is 14.3. The van der Waals surface area contributed by atoms with Crippen molar-refractivity contribution in [3.63, 3.8) is 0 Å². The molecule has 3 aliphatic rings. The Morgan fingerprint density at radius 2 is 1.85 bits per heavy atom. The molecule has 0 radical (unpaired) electrons. The van der Waals surface area contributed by atoms with E-state index in [1.54, 1.807) is 18.2 Å². The van der Waals surface area contributed by atoms with Crippen molar-refractivity contribution >= 4 is 21.7 Å². The zero-order valence-corrected chi connectivity index (χ0v) is 22.5. The van der Waals surface area contributed by atoms with Gasteiger partial charge in [0.2, 0.25) is 0 Å². The minimum absolute atomic E-state index is 0.00718. The molecule has 0 unspecified atom stereocenters. The lowest BCUT2D eigenvalue weighted by Crippen LogP contribution is -2.54. The molecular weight excluding hydrogens is 563 g/mol. The average molecular weight is 590 g/mol. The Kier molecular flexibility index (Phi) is 6.85. The van der Waals surface area contributed by atoms with Crippen LogP contribution in [0.4, 0.5) is 18.9 Å². The summed E-state index contributed by atoms with van der Waals surface area (Å²) >= 11 is 0. The van der Waals surface area contributed by atoms with Gasteiger partial charge in [-0.25, -0.2) is 12.8 Å². The van der Waals surface area contributed by atoms with Gasteiger partial charge in [0, 0.05) is 12.5 Å². The lowest BCUT2D eigenvalue weighted by molar-refractivity contribution is -0.184. The fraction of sp³-hybridized carbons (Fsp3) is 0.345. The lowest BCUT2D eigenvalue weighted by atomic mass is 9.80. The summed E-state index contributed by atoms with van der Waals surface area (Å²) in [4.78, 5) is 12.1. The van der Waals surface area contributed by atoms with Crippen LogP contribution < -0.4 is 13.8 Å². The molecule has 1 atom stereocenters. The number of rotatable bonds is 9. The second-order valence-electron chi connectivity index (χ2n) is 10.6. The lowest BCUT2D eigenvalue weighted by Gasteiger charge is -2.42. The molecule has 3 aromatic rings. The number of nitrogens with zero attached hydrogens (tertiary/aromatic N) is 1. The molecule has 216 valence electrons. The standard InChI is InChI=1S/C29H26F3NO7S/c30-21-8-20(9-22(12-21)40-28(31)32)19-6-7-26-25(11-19)33(14-23(39-26)13-29(27(34)35)15-38-16-29)41(36,37)24-3-1-2-18(10-24)17-4-5-17/h1-3,6-12,17,23,28H,4-5,13-16H2,(H,34,35)/t23-/m0/s1. The number of sulfonamides is 1. The summed E-state index contributed by atoms with van der Waals surface area (Å²) in [6, 6.07) is 14.4. The van der Waals surface area contributed by atoms with E-state index in [9.17, 15) is 31.5 Å². The summed E-state index contributed by atoms with van der Waals surface area (Å²) in [6.45, 7) is -3.34. The monoisotopic (exact) mass is 589 g/mol. The maximum Gasteiger partial charge on any atom is 0.387 e. The molecule has 3 aromatic carbocycles. The fourth-order valence-electron chi connectivity index (χ4n) is 5.31. The van der Waals surface area contributed by atoms with Crippen LogP contribution in [-0.2, 0) is 19.6 Å². The molecule has 0 spiro atoms. The van der Waals surface area contributed by atoms with E-state index >= 15 is 0 Å². The highest BCUT2D eigenvalue weighted by molar-refractivity contribution is 7.92. The highest BCUT2D eigenvalue weighted by Gasteiger charge is 2.50. The molecule has 2 fully saturated rings. The smallest absolute Gasteiger partial charge is 0.387 e. The molecule has 2 heterocycles. The van der Waals surface area contributed by atoms with Crippen LogP contribution in [0.25, 0.3) is 11.1 Å². The molecule has 41 heavy (non-hydrogen) atoms. The van der Waals surface area contributed by atoms with Gasteiger partial charge in [-0.3, -0.25) is 9.10 Å². The van der Waals surface area contributed by atoms with Crippen molar-refractivity contribution in [3.8, 4) is 22.6 Å². The van der Waals surface area contributed by atoms with Crippen molar-refractivity contribution in [2.75, 3.05) is 24.1 Å². The molecule has 0 aromatic heterocycles. The van der Waals surface area contributed by atoms with Crippen LogP contribution in [0.2, 0.25) is 0 Å². The fourth-order valence-corrected chi connectivity index (χ4v) is 6.87. The van der Waals surface area contributed by atoms with Crippen molar-refractivity contribution in [2.24, 2.45) is 5.41 Å². The number of carbonyl (C=O) groups is 1. The van der Waals surface area contributed by atoms with E-state index in [-0.39, 0.29) is 53.8 Å². The third kappa shape index (κ3) is 5.33. The first-order valence-corrected chi connectivity index (χ1v) is 14.5. The number of alkyl halides is 2. The number of hydrogen-bond donors (Lipinski definition) is 1. The van der Waals surface area contributed by atoms with Crippen molar-refractivity contribution in [1.29, 1.82) is 0 Å². The number of halogens is 3. The van der Waals surface area contributed by atoms with Crippen LogP contribution in [0.3, 0.4) is 0 Å². The molecule has 2 aliphatic heterocycles. The van der Waals surface area contributed by atoms with Gasteiger partial charge in [0.05, 0.1) is 30.3 Å². The maximum absolute atomic E-state index is 14.3. The van der Waals surface area contributed by atoms with Crippen LogP contribution in [0.5, 0.6) is 11.5 Å². The predicted octanol–water partition coefficient (Wildman–Crippen LogP) is 5.42. The number of ether oxygens (including phenoxy) is 3. The number of carboxylic acid groups (broad SMARTS) is 1. The predicted molar refractivity (Wildman–Crippen MR) is 141 cm³/mol. The van der Waals surface area contributed by atoms with Gasteiger partial charge in [-0.05, 0) is 71.8 Å². The zero-order valence-electron chi connectivity index (χ0n) is 21.6. The number of aliphatic carboxylic acids is 1. The summed E-state index contributed by atoms with van der Waals surface area (Å²) in [7, 11) is -4.16. The van der Waals surface area contributed by atoms with E-state index in [1.807, 2.05) is 6.07 Å². The topological polar surface area (TPSA) is 102 Å². The number of fused-ring (bicyclic) bond motifs is 1. The molecule has 1 N–H and O–H groups in total. The highest BCUT2D eigenvalue weighted by atomic mass is 32.2. The van der Waals surface area contributed by atoms with Gasteiger partial charge in [-0.15, -0.1) is 0 Å². The molecular formula is C29H26F3NO7S. The summed E-state index contributed by atoms with van der Waals surface area (Å²) in [5, 5.41) is 9.81. The third-order valence-electron chi connectivity index (χ3n) is 7.64. The Hall–Kier alpha value is -3.77. The van der Waals surface area contributed by atoms with Crippen LogP contribution in [0.15, 0.2) is 65.6 Å². The van der Waals surface area contributed by atoms with Gasteiger partial charge < -0.3 is 19.3 Å². The molecule has 0 amide bonds. The first-order chi connectivity index (χ1) is 19.5. The van der Waals surface area contributed by atoms with Gasteiger partial charge in [0.15, 0.2) is 0 Å². The molecule has 1 aliphatic carbocycles. The molecule has 1 saturated heterocycles. The van der Waals surface area contributed by atoms with Crippen LogP contribution >= 0.6 is 0 Å². The van der Waals surface area contributed by atoms with Crippen LogP contribution in [-0.4, -0.2) is 52.0 Å². The largest absolute Gasteiger partial charge is 0.486 e. The van der Waals surface area contributed by atoms with E-state index < -0.39 is 39.9 Å². The van der Waals surface area contributed by atoms with E-state index in [2.05, 4.69) is 4.74 Å². The molecule has 8 nitrogen and oxygen atoms in total. The zero-order chi connectivity index (χ0) is 28.9. The van der Waals surface area contributed by atoms with Crippen LogP contribution in [0.1, 0.15) is 30.7 Å². The normalized spacial score (nSPS) is 19.7. The van der Waals surface area contributed by atoms with Gasteiger partial charge in [0.1, 0.15) is 28.8 Å². The highest BCUT2D eigenvalue weighted by Crippen LogP contribution is 2.45. The third-order valence-corrected chi connectivity index (χ3v) is 9.42. The molecule has 0 bridgehead atoms. The number of benzene rings is 3. The van der Waals surface area contributed by atoms with Gasteiger partial charge in [-0.1, -0.05) is 18.2 Å². The van der Waals surface area contributed by atoms with Crippen LogP contribution in [0, 0.1) is 11.2 Å². The Morgan fingerprint density at radius 3 is 2.51 bits per heavy atom. The minimum atomic E-state index is -4.16. The summed E-state index contributed by atoms with van der Waals surface area (Å²) in [6.07, 6.45) is 1.20. The van der Waals surface area contributed by atoms with Gasteiger partial charge in [0.25, 0.3) is 10.0 Å². The van der Waals surface area contributed by atoms with E-state index in [0.717, 1.165) is 30.5 Å². The van der Waals surface area contributed by atoms with Crippen molar-refractivity contribution in [3.05, 3.63) is 72.0 Å². The number of carboxylic acids is 1. The molecule has 1 saturated carbocycles. The number of hydrogen-bond acceptors (Lipinski definition) is 6. The Bertz CT molecular complexity index is 1610. The van der Waals surface area contributed by atoms with Crippen molar-refractivity contribution < 1.29 is 45.7 Å². The van der Waals surface area contributed by atoms with E-state index in [1.165, 1.54) is 28.6 Å². The van der Waals surface area contributed by atoms with Crippen molar-refractivity contribution in [1.82, 2.24) is 0 Å². The Labute approximate surface area is 234 Å². The van der Waals surface area contributed by atoms with Gasteiger partial charge >= 0.3 is 12.6 Å². The summed E-state index contributed by atoms with van der Waals surface area (Å²) in [5.74, 6) is -1.74. The SMILES string of the molecule is O=C(O)C1(C[C@H]2CN(S(=O)(=O)c3cccc(C4CC4)c3)c3cc(-c4cc(F)cc(OC(F)F)c4)ccc3O2)COC1. The summed E-state index contributed by atoms with van der Waals surface area (Å²) in [5.41, 5.74) is 0.422. The summed E-state index contributed by atoms with van der Waals surface area (Å²) < 4.78 is 84.9. The van der Waals surface area contributed by atoms with E-state index in [0.29, 0.717) is 11.5 Å². The first-order valence-electron chi connectivity index (χ1n) is 13.0. The van der Waals surface area contributed by atoms with E-state index in [4.69, 9.17) is 9.47 Å². The second-order valence-corrected chi connectivity index (χ2v) is 12.5. The molecule has 6 rings (SSSR count). The minimum Gasteiger partial charge on any atom is -0.486 e. The molecule has 12 heteroatoms. The first kappa shape index (κ1) is 27.4. The Balaban J connectivity index is 1.41. The average Bonchev–Trinajstić information content (AvgIpc) is 3.75.